The van der Waals surface area contributed by atoms with Gasteiger partial charge in [-0.25, -0.2) is 8.42 Å². The topological polar surface area (TPSA) is 73.8 Å². The van der Waals surface area contributed by atoms with Gasteiger partial charge in [-0.05, 0) is 38.4 Å². The second-order valence-electron chi connectivity index (χ2n) is 6.95. The molecule has 0 aromatic heterocycles. The molecule has 2 rings (SSSR count). The van der Waals surface area contributed by atoms with Crippen LogP contribution in [0.2, 0.25) is 0 Å². The molecule has 1 fully saturated rings. The second-order valence-corrected chi connectivity index (χ2v) is 9.18. The summed E-state index contributed by atoms with van der Waals surface area (Å²) in [6, 6.07) is 8.79. The summed E-state index contributed by atoms with van der Waals surface area (Å²) >= 11 is 0. The molecule has 6 nitrogen and oxygen atoms in total. The normalized spacial score (nSPS) is 19.5. The van der Waals surface area contributed by atoms with Gasteiger partial charge in [-0.3, -0.25) is 9.89 Å². The van der Waals surface area contributed by atoms with Crippen molar-refractivity contribution >= 4 is 39.8 Å². The lowest BCUT2D eigenvalue weighted by molar-refractivity contribution is 0.265. The van der Waals surface area contributed by atoms with E-state index in [2.05, 4.69) is 59.6 Å². The summed E-state index contributed by atoms with van der Waals surface area (Å²) in [6.45, 7) is 5.91. The van der Waals surface area contributed by atoms with Crippen molar-refractivity contribution in [3.05, 3.63) is 35.4 Å². The highest BCUT2D eigenvalue weighted by Crippen LogP contribution is 2.13. The van der Waals surface area contributed by atoms with Gasteiger partial charge < -0.3 is 10.6 Å². The molecule has 0 aliphatic carbocycles. The molecule has 0 saturated carbocycles. The number of nitrogens with zero attached hydrogens (tertiary/aromatic N) is 2. The van der Waals surface area contributed by atoms with Crippen molar-refractivity contribution in [2.45, 2.75) is 45.4 Å². The second kappa shape index (κ2) is 10.5. The van der Waals surface area contributed by atoms with E-state index in [1.165, 1.54) is 11.1 Å². The predicted octanol–water partition coefficient (Wildman–Crippen LogP) is 2.00. The van der Waals surface area contributed by atoms with Crippen molar-refractivity contribution in [2.24, 2.45) is 4.99 Å². The van der Waals surface area contributed by atoms with Crippen molar-refractivity contribution in [1.82, 2.24) is 15.5 Å². The third-order valence-corrected chi connectivity index (χ3v) is 6.43. The summed E-state index contributed by atoms with van der Waals surface area (Å²) < 4.78 is 23.2. The Hall–Kier alpha value is -0.870. The van der Waals surface area contributed by atoms with Gasteiger partial charge in [-0.1, -0.05) is 24.3 Å². The number of hydrogen-bond acceptors (Lipinski definition) is 4. The van der Waals surface area contributed by atoms with Gasteiger partial charge in [-0.15, -0.1) is 24.0 Å². The highest BCUT2D eigenvalue weighted by atomic mass is 127. The van der Waals surface area contributed by atoms with Crippen molar-refractivity contribution in [2.75, 3.05) is 25.6 Å². The minimum absolute atomic E-state index is 0. The molecule has 1 atom stereocenters. The van der Waals surface area contributed by atoms with Gasteiger partial charge in [0.05, 0.1) is 11.5 Å². The van der Waals surface area contributed by atoms with E-state index in [4.69, 9.17) is 0 Å². The predicted molar refractivity (Wildman–Crippen MR) is 119 cm³/mol. The van der Waals surface area contributed by atoms with Crippen LogP contribution >= 0.6 is 24.0 Å². The van der Waals surface area contributed by atoms with Gasteiger partial charge >= 0.3 is 0 Å². The number of aliphatic imine (C=N–C) groups is 1. The van der Waals surface area contributed by atoms with E-state index in [-0.39, 0.29) is 41.5 Å². The Balaban J connectivity index is 0.00000338. The summed E-state index contributed by atoms with van der Waals surface area (Å²) in [6.07, 6.45) is 0.638. The fraction of sp³-hybridized carbons (Fsp3) is 0.611. The average molecular weight is 494 g/mol. The summed E-state index contributed by atoms with van der Waals surface area (Å²) in [5.74, 6) is 1.09. The van der Waals surface area contributed by atoms with Gasteiger partial charge in [0.2, 0.25) is 0 Å². The fourth-order valence-electron chi connectivity index (χ4n) is 2.81. The van der Waals surface area contributed by atoms with Gasteiger partial charge in [-0.2, -0.15) is 0 Å². The Bertz CT molecular complexity index is 707. The van der Waals surface area contributed by atoms with Gasteiger partial charge in [0.25, 0.3) is 0 Å². The van der Waals surface area contributed by atoms with Crippen LogP contribution in [-0.2, 0) is 22.9 Å². The van der Waals surface area contributed by atoms with E-state index >= 15 is 0 Å². The van der Waals surface area contributed by atoms with Crippen molar-refractivity contribution in [3.8, 4) is 0 Å². The average Bonchev–Trinajstić information content (AvgIpc) is 2.91. The third kappa shape index (κ3) is 7.03. The Morgan fingerprint density at radius 1 is 1.31 bits per heavy atom. The summed E-state index contributed by atoms with van der Waals surface area (Å²) in [5, 5.41) is 6.53. The standard InChI is InChI=1S/C18H30N4O2S.HI/c1-14(2)22(4)12-16-8-6-5-7-15(16)11-20-18(19-3)21-17-9-10-25(23,24)13-17;/h5-8,14,17H,9-13H2,1-4H3,(H2,19,20,21);1H. The van der Waals surface area contributed by atoms with Crippen LogP contribution in [0.4, 0.5) is 0 Å². The molecule has 8 heteroatoms. The SMILES string of the molecule is CN=C(NCc1ccccc1CN(C)C(C)C)NC1CCS(=O)(=O)C1.I. The molecule has 1 saturated heterocycles. The number of sulfone groups is 1. The minimum Gasteiger partial charge on any atom is -0.353 e. The zero-order valence-corrected chi connectivity index (χ0v) is 19.2. The maximum atomic E-state index is 11.6. The largest absolute Gasteiger partial charge is 0.353 e. The number of hydrogen-bond donors (Lipinski definition) is 2. The third-order valence-electron chi connectivity index (χ3n) is 4.66. The molecular weight excluding hydrogens is 463 g/mol. The molecule has 0 bridgehead atoms. The van der Waals surface area contributed by atoms with Crippen molar-refractivity contribution < 1.29 is 8.42 Å². The first-order chi connectivity index (χ1) is 11.8. The van der Waals surface area contributed by atoms with Gasteiger partial charge in [0.1, 0.15) is 0 Å². The Morgan fingerprint density at radius 2 is 1.96 bits per heavy atom. The molecule has 1 aromatic rings. The molecule has 26 heavy (non-hydrogen) atoms. The van der Waals surface area contributed by atoms with Crippen LogP contribution in [0.1, 0.15) is 31.4 Å². The molecule has 0 amide bonds. The number of benzene rings is 1. The molecular formula is C18H31IN4O2S. The van der Waals surface area contributed by atoms with E-state index in [1.807, 2.05) is 6.07 Å². The Labute approximate surface area is 174 Å². The van der Waals surface area contributed by atoms with E-state index < -0.39 is 9.84 Å². The molecule has 0 spiro atoms. The number of nitrogens with one attached hydrogen (secondary N) is 2. The van der Waals surface area contributed by atoms with Crippen LogP contribution in [0.5, 0.6) is 0 Å². The molecule has 0 radical (unpaired) electrons. The van der Waals surface area contributed by atoms with Crippen LogP contribution in [-0.4, -0.2) is 57.0 Å². The molecule has 1 aromatic carbocycles. The number of rotatable bonds is 6. The first-order valence-corrected chi connectivity index (χ1v) is 10.6. The molecule has 1 aliphatic heterocycles. The van der Waals surface area contributed by atoms with E-state index in [1.54, 1.807) is 7.05 Å². The van der Waals surface area contributed by atoms with Crippen LogP contribution in [0.25, 0.3) is 0 Å². The first-order valence-electron chi connectivity index (χ1n) is 8.75. The van der Waals surface area contributed by atoms with Crippen molar-refractivity contribution in [1.29, 1.82) is 0 Å². The smallest absolute Gasteiger partial charge is 0.191 e. The first kappa shape index (κ1) is 23.2. The minimum atomic E-state index is -2.90. The molecule has 1 unspecified atom stereocenters. The van der Waals surface area contributed by atoms with Crippen LogP contribution in [0.15, 0.2) is 29.3 Å². The zero-order chi connectivity index (χ0) is 18.4. The van der Waals surface area contributed by atoms with Crippen LogP contribution < -0.4 is 10.6 Å². The number of guanidine groups is 1. The highest BCUT2D eigenvalue weighted by Gasteiger charge is 2.28. The van der Waals surface area contributed by atoms with Crippen LogP contribution in [0, 0.1) is 0 Å². The highest BCUT2D eigenvalue weighted by molar-refractivity contribution is 14.0. The molecule has 148 valence electrons. The quantitative estimate of drug-likeness (QED) is 0.360. The molecule has 1 heterocycles. The van der Waals surface area contributed by atoms with E-state index in [9.17, 15) is 8.42 Å². The lowest BCUT2D eigenvalue weighted by Gasteiger charge is -2.23. The number of halogens is 1. The Morgan fingerprint density at radius 3 is 2.50 bits per heavy atom. The fourth-order valence-corrected chi connectivity index (χ4v) is 4.48. The van der Waals surface area contributed by atoms with Crippen LogP contribution in [0.3, 0.4) is 0 Å². The maximum absolute atomic E-state index is 11.6. The van der Waals surface area contributed by atoms with E-state index in [0.29, 0.717) is 25.0 Å². The monoisotopic (exact) mass is 494 g/mol. The summed E-state index contributed by atoms with van der Waals surface area (Å²) in [7, 11) is 0.931. The summed E-state index contributed by atoms with van der Waals surface area (Å²) in [4.78, 5) is 6.52. The maximum Gasteiger partial charge on any atom is 0.191 e. The van der Waals surface area contributed by atoms with Crippen molar-refractivity contribution in [3.63, 3.8) is 0 Å². The Kier molecular flexibility index (Phi) is 9.32. The summed E-state index contributed by atoms with van der Waals surface area (Å²) in [5.41, 5.74) is 2.50. The van der Waals surface area contributed by atoms with Gasteiger partial charge in [0, 0.05) is 32.2 Å². The lowest BCUT2D eigenvalue weighted by atomic mass is 10.1. The lowest BCUT2D eigenvalue weighted by Crippen LogP contribution is -2.43. The zero-order valence-electron chi connectivity index (χ0n) is 16.0. The molecule has 1 aliphatic rings. The molecule has 2 N–H and O–H groups in total. The van der Waals surface area contributed by atoms with Gasteiger partial charge in [0.15, 0.2) is 15.8 Å². The van der Waals surface area contributed by atoms with E-state index in [0.717, 1.165) is 6.54 Å².